The van der Waals surface area contributed by atoms with Crippen molar-refractivity contribution >= 4 is 29.1 Å². The smallest absolute Gasteiger partial charge is 0.336 e. The van der Waals surface area contributed by atoms with E-state index >= 15 is 0 Å². The maximum absolute atomic E-state index is 10.3. The zero-order valence-electron chi connectivity index (χ0n) is 28.1. The molecule has 0 spiro atoms. The van der Waals surface area contributed by atoms with Gasteiger partial charge in [-0.05, 0) is 85.7 Å². The number of nitriles is 1. The van der Waals surface area contributed by atoms with E-state index in [1.54, 1.807) is 0 Å². The van der Waals surface area contributed by atoms with Crippen LogP contribution in [0, 0.1) is 11.3 Å². The number of nitrogens with zero attached hydrogens (tertiary/aromatic N) is 3. The van der Waals surface area contributed by atoms with Crippen LogP contribution in [0.5, 0.6) is 11.5 Å². The molecule has 2 aromatic carbocycles. The molecule has 0 bridgehead atoms. The number of hydrogen-bond donors (Lipinski definition) is 4. The Kier molecular flexibility index (Phi) is 18.5. The summed E-state index contributed by atoms with van der Waals surface area (Å²) < 4.78 is 11.8. The SMILES string of the molecule is CCC(=C(C#N)c1ccc(OCCN(CC)CC)cc1)c1ccc(OCCN(CC)CC)cc1.O=C(O)CC(O)(CC(=O)O)C(=O)O. The van der Waals surface area contributed by atoms with Crippen molar-refractivity contribution in [2.75, 3.05) is 52.5 Å². The first-order valence-electron chi connectivity index (χ1n) is 15.8. The number of allylic oxidation sites excluding steroid dienone is 2. The molecular weight excluding hydrogens is 606 g/mol. The molecule has 12 heteroatoms. The molecule has 12 nitrogen and oxygen atoms in total. The van der Waals surface area contributed by atoms with Gasteiger partial charge in [0.2, 0.25) is 0 Å². The van der Waals surface area contributed by atoms with Crippen LogP contribution in [0.25, 0.3) is 11.1 Å². The van der Waals surface area contributed by atoms with E-state index < -0.39 is 36.4 Å². The quantitative estimate of drug-likeness (QED) is 0.114. The molecule has 0 heterocycles. The van der Waals surface area contributed by atoms with Crippen LogP contribution in [0.4, 0.5) is 0 Å². The van der Waals surface area contributed by atoms with Gasteiger partial charge in [-0.3, -0.25) is 9.59 Å². The van der Waals surface area contributed by atoms with E-state index in [-0.39, 0.29) is 0 Å². The van der Waals surface area contributed by atoms with E-state index in [2.05, 4.69) is 50.5 Å². The fourth-order valence-corrected chi connectivity index (χ4v) is 4.68. The molecule has 0 radical (unpaired) electrons. The zero-order chi connectivity index (χ0) is 35.4. The van der Waals surface area contributed by atoms with Gasteiger partial charge in [0.1, 0.15) is 30.8 Å². The maximum Gasteiger partial charge on any atom is 0.336 e. The van der Waals surface area contributed by atoms with Crippen LogP contribution in [-0.4, -0.2) is 106 Å². The predicted octanol–water partition coefficient (Wildman–Crippen LogP) is 4.72. The molecule has 0 aliphatic rings. The first-order valence-corrected chi connectivity index (χ1v) is 15.8. The highest BCUT2D eigenvalue weighted by Gasteiger charge is 2.40. The molecule has 47 heavy (non-hydrogen) atoms. The third-order valence-electron chi connectivity index (χ3n) is 7.54. The van der Waals surface area contributed by atoms with E-state index in [4.69, 9.17) is 29.9 Å². The van der Waals surface area contributed by atoms with Crippen molar-refractivity contribution in [1.29, 1.82) is 5.26 Å². The van der Waals surface area contributed by atoms with Gasteiger partial charge in [-0.25, -0.2) is 4.79 Å². The molecule has 258 valence electrons. The average Bonchev–Trinajstić information content (AvgIpc) is 3.04. The number of rotatable bonds is 20. The minimum Gasteiger partial charge on any atom is -0.492 e. The topological polar surface area (TPSA) is 181 Å². The third kappa shape index (κ3) is 14.2. The number of benzene rings is 2. The lowest BCUT2D eigenvalue weighted by atomic mass is 9.93. The number of aliphatic hydroxyl groups is 1. The molecule has 0 fully saturated rings. The molecule has 0 aliphatic carbocycles. The van der Waals surface area contributed by atoms with E-state index in [9.17, 15) is 19.6 Å². The predicted molar refractivity (Wildman–Crippen MR) is 179 cm³/mol. The molecular formula is C35H49N3O9. The maximum atomic E-state index is 10.3. The molecule has 0 unspecified atom stereocenters. The van der Waals surface area contributed by atoms with Crippen molar-refractivity contribution < 1.29 is 44.3 Å². The summed E-state index contributed by atoms with van der Waals surface area (Å²) in [4.78, 5) is 35.2. The number of ether oxygens (including phenoxy) is 2. The van der Waals surface area contributed by atoms with Crippen LogP contribution < -0.4 is 9.47 Å². The Labute approximate surface area is 277 Å². The summed E-state index contributed by atoms with van der Waals surface area (Å²) in [6, 6.07) is 18.4. The lowest BCUT2D eigenvalue weighted by Crippen LogP contribution is -2.42. The van der Waals surface area contributed by atoms with Crippen molar-refractivity contribution in [2.45, 2.75) is 59.5 Å². The second-order valence-electron chi connectivity index (χ2n) is 10.6. The van der Waals surface area contributed by atoms with Gasteiger partial charge in [0.25, 0.3) is 0 Å². The number of likely N-dealkylation sites (N-methyl/N-ethyl adjacent to an activating group) is 2. The van der Waals surface area contributed by atoms with Crippen LogP contribution in [0.3, 0.4) is 0 Å². The summed E-state index contributed by atoms with van der Waals surface area (Å²) in [5.74, 6) is -3.33. The summed E-state index contributed by atoms with van der Waals surface area (Å²) in [5.41, 5.74) is 0.960. The van der Waals surface area contributed by atoms with Crippen LogP contribution in [-0.2, 0) is 14.4 Å². The van der Waals surface area contributed by atoms with Crippen molar-refractivity contribution in [3.63, 3.8) is 0 Å². The van der Waals surface area contributed by atoms with Gasteiger partial charge < -0.3 is 39.7 Å². The normalized spacial score (nSPS) is 11.6. The fraction of sp³-hybridized carbons (Fsp3) is 0.486. The highest BCUT2D eigenvalue weighted by Crippen LogP contribution is 2.30. The Balaban J connectivity index is 0.000000716. The van der Waals surface area contributed by atoms with Crippen LogP contribution in [0.2, 0.25) is 0 Å². The molecule has 0 aliphatic heterocycles. The number of aliphatic carboxylic acids is 3. The van der Waals surface area contributed by atoms with Gasteiger partial charge in [0.05, 0.1) is 18.4 Å². The van der Waals surface area contributed by atoms with Crippen LogP contribution in [0.15, 0.2) is 48.5 Å². The van der Waals surface area contributed by atoms with Crippen LogP contribution in [0.1, 0.15) is 65.0 Å². The van der Waals surface area contributed by atoms with Gasteiger partial charge in [-0.2, -0.15) is 5.26 Å². The zero-order valence-corrected chi connectivity index (χ0v) is 28.1. The molecule has 2 rings (SSSR count). The second kappa shape index (κ2) is 21.4. The molecule has 0 saturated carbocycles. The highest BCUT2D eigenvalue weighted by atomic mass is 16.5. The number of carboxylic acids is 3. The highest BCUT2D eigenvalue weighted by molar-refractivity contribution is 5.97. The molecule has 4 N–H and O–H groups in total. The number of hydrogen-bond acceptors (Lipinski definition) is 9. The van der Waals surface area contributed by atoms with Crippen molar-refractivity contribution in [1.82, 2.24) is 9.80 Å². The lowest BCUT2D eigenvalue weighted by Gasteiger charge is -2.18. The summed E-state index contributed by atoms with van der Waals surface area (Å²) in [5, 5.41) is 43.8. The molecule has 0 aromatic heterocycles. The Morgan fingerprint density at radius 2 is 1.09 bits per heavy atom. The number of carboxylic acid groups (broad SMARTS) is 3. The summed E-state index contributed by atoms with van der Waals surface area (Å²) in [6.07, 6.45) is -1.52. The lowest BCUT2D eigenvalue weighted by molar-refractivity contribution is -0.170. The van der Waals surface area contributed by atoms with Gasteiger partial charge in [-0.15, -0.1) is 0 Å². The Morgan fingerprint density at radius 1 is 0.702 bits per heavy atom. The van der Waals surface area contributed by atoms with Crippen molar-refractivity contribution in [2.24, 2.45) is 0 Å². The van der Waals surface area contributed by atoms with E-state index in [1.807, 2.05) is 48.5 Å². The van der Waals surface area contributed by atoms with E-state index in [0.29, 0.717) is 18.8 Å². The minimum absolute atomic E-state index is 0.658. The largest absolute Gasteiger partial charge is 0.492 e. The standard InChI is InChI=1S/C29H41N3O2.C6H8O7/c1-6-28(24-11-15-26(16-12-24)33-21-19-31(7-2)8-3)29(23-30)25-13-17-27(18-14-25)34-22-20-32(9-4)10-5;7-3(8)1-6(13,5(11)12)2-4(9)10/h11-18H,6-10,19-22H2,1-5H3;13H,1-2H2,(H,7,8)(H,9,10)(H,11,12). The second-order valence-corrected chi connectivity index (χ2v) is 10.6. The van der Waals surface area contributed by atoms with Gasteiger partial charge in [0, 0.05) is 13.1 Å². The Hall–Kier alpha value is -4.44. The van der Waals surface area contributed by atoms with Crippen LogP contribution >= 0.6 is 0 Å². The molecule has 0 atom stereocenters. The summed E-state index contributed by atoms with van der Waals surface area (Å²) in [6.45, 7) is 18.0. The average molecular weight is 656 g/mol. The molecule has 0 saturated heterocycles. The monoisotopic (exact) mass is 655 g/mol. The number of carbonyl (C=O) groups is 3. The summed E-state index contributed by atoms with van der Waals surface area (Å²) in [7, 11) is 0. The fourth-order valence-electron chi connectivity index (χ4n) is 4.68. The third-order valence-corrected chi connectivity index (χ3v) is 7.54. The van der Waals surface area contributed by atoms with E-state index in [0.717, 1.165) is 73.9 Å². The first kappa shape index (κ1) is 40.6. The minimum atomic E-state index is -2.74. The summed E-state index contributed by atoms with van der Waals surface area (Å²) >= 11 is 0. The van der Waals surface area contributed by atoms with Gasteiger partial charge in [-0.1, -0.05) is 46.8 Å². The molecule has 2 aromatic rings. The van der Waals surface area contributed by atoms with Gasteiger partial charge in [0.15, 0.2) is 5.60 Å². The molecule has 0 amide bonds. The van der Waals surface area contributed by atoms with Gasteiger partial charge >= 0.3 is 17.9 Å². The van der Waals surface area contributed by atoms with Crippen molar-refractivity contribution in [3.05, 3.63) is 59.7 Å². The Bertz CT molecular complexity index is 1310. The Morgan fingerprint density at radius 3 is 1.38 bits per heavy atom. The van der Waals surface area contributed by atoms with Crippen molar-refractivity contribution in [3.8, 4) is 17.6 Å². The first-order chi connectivity index (χ1) is 22.4. The van der Waals surface area contributed by atoms with E-state index in [1.165, 1.54) is 0 Å².